The summed E-state index contributed by atoms with van der Waals surface area (Å²) in [6, 6.07) is 8.12. The number of rotatable bonds is 4. The molecule has 0 saturated heterocycles. The van der Waals surface area contributed by atoms with E-state index in [0.717, 1.165) is 43.4 Å². The summed E-state index contributed by atoms with van der Waals surface area (Å²) in [5.74, 6) is 1.70. The van der Waals surface area contributed by atoms with Gasteiger partial charge in [0.15, 0.2) is 0 Å². The van der Waals surface area contributed by atoms with Gasteiger partial charge in [0, 0.05) is 43.3 Å². The summed E-state index contributed by atoms with van der Waals surface area (Å²) in [6.07, 6.45) is 5.70. The molecule has 0 aliphatic carbocycles. The number of aromatic nitrogens is 3. The quantitative estimate of drug-likeness (QED) is 0.732. The molecule has 0 fully saturated rings. The monoisotopic (exact) mass is 338 g/mol. The van der Waals surface area contributed by atoms with Gasteiger partial charge in [-0.15, -0.1) is 0 Å². The minimum absolute atomic E-state index is 0.0540. The number of pyridine rings is 1. The molecular formula is C19H22N4O2. The average Bonchev–Trinajstić information content (AvgIpc) is 3.12. The Balaban J connectivity index is 1.57. The molecule has 6 heteroatoms. The van der Waals surface area contributed by atoms with E-state index in [-0.39, 0.29) is 6.10 Å². The Morgan fingerprint density at radius 1 is 1.24 bits per heavy atom. The standard InChI is InChI=1S/C19H22N4O2/c1-14-19(15(2)25-21-14)13-22-10-16-5-4-8-23(16)12-18(11-22)24-17-6-3-7-20-9-17/h3-9,18H,10-13H2,1-2H3. The highest BCUT2D eigenvalue weighted by molar-refractivity contribution is 5.21. The van der Waals surface area contributed by atoms with Crippen LogP contribution in [0.4, 0.5) is 0 Å². The van der Waals surface area contributed by atoms with E-state index < -0.39 is 0 Å². The van der Waals surface area contributed by atoms with Gasteiger partial charge in [-0.1, -0.05) is 5.16 Å². The maximum Gasteiger partial charge on any atom is 0.138 e. The molecule has 0 bridgehead atoms. The highest BCUT2D eigenvalue weighted by Crippen LogP contribution is 2.22. The molecule has 4 heterocycles. The van der Waals surface area contributed by atoms with E-state index in [0.29, 0.717) is 0 Å². The summed E-state index contributed by atoms with van der Waals surface area (Å²) in [4.78, 5) is 6.54. The summed E-state index contributed by atoms with van der Waals surface area (Å²) in [5, 5.41) is 4.08. The van der Waals surface area contributed by atoms with Crippen molar-refractivity contribution in [2.45, 2.75) is 39.6 Å². The first-order chi connectivity index (χ1) is 12.2. The number of ether oxygens (including phenoxy) is 1. The van der Waals surface area contributed by atoms with Gasteiger partial charge in [-0.2, -0.15) is 0 Å². The third-order valence-electron chi connectivity index (χ3n) is 4.67. The highest BCUT2D eigenvalue weighted by atomic mass is 16.5. The molecule has 3 aromatic rings. The van der Waals surface area contributed by atoms with E-state index in [9.17, 15) is 0 Å². The van der Waals surface area contributed by atoms with Crippen LogP contribution in [-0.2, 0) is 19.6 Å². The van der Waals surface area contributed by atoms with Crippen LogP contribution in [0.15, 0.2) is 47.4 Å². The van der Waals surface area contributed by atoms with Crippen molar-refractivity contribution in [1.29, 1.82) is 0 Å². The molecule has 1 unspecified atom stereocenters. The van der Waals surface area contributed by atoms with E-state index in [4.69, 9.17) is 9.26 Å². The van der Waals surface area contributed by atoms with E-state index in [2.05, 4.69) is 37.9 Å². The van der Waals surface area contributed by atoms with Crippen LogP contribution in [0.3, 0.4) is 0 Å². The number of fused-ring (bicyclic) bond motifs is 1. The van der Waals surface area contributed by atoms with Crippen molar-refractivity contribution in [3.05, 3.63) is 65.6 Å². The lowest BCUT2D eigenvalue weighted by Crippen LogP contribution is -2.34. The van der Waals surface area contributed by atoms with Crippen LogP contribution in [0.5, 0.6) is 5.75 Å². The van der Waals surface area contributed by atoms with E-state index in [1.54, 1.807) is 12.4 Å². The lowest BCUT2D eigenvalue weighted by Gasteiger charge is -2.24. The van der Waals surface area contributed by atoms with Crippen molar-refractivity contribution >= 4 is 0 Å². The van der Waals surface area contributed by atoms with Crippen LogP contribution in [0.25, 0.3) is 0 Å². The van der Waals surface area contributed by atoms with E-state index in [1.807, 2.05) is 26.0 Å². The minimum atomic E-state index is 0.0540. The normalized spacial score (nSPS) is 17.9. The Labute approximate surface area is 147 Å². The van der Waals surface area contributed by atoms with Crippen LogP contribution >= 0.6 is 0 Å². The van der Waals surface area contributed by atoms with Gasteiger partial charge in [0.2, 0.25) is 0 Å². The average molecular weight is 338 g/mol. The summed E-state index contributed by atoms with van der Waals surface area (Å²) in [5.41, 5.74) is 3.42. The summed E-state index contributed by atoms with van der Waals surface area (Å²) < 4.78 is 13.8. The molecule has 0 N–H and O–H groups in total. The van der Waals surface area contributed by atoms with E-state index in [1.165, 1.54) is 11.3 Å². The summed E-state index contributed by atoms with van der Waals surface area (Å²) in [7, 11) is 0. The number of nitrogens with zero attached hydrogens (tertiary/aromatic N) is 4. The lowest BCUT2D eigenvalue weighted by molar-refractivity contribution is 0.123. The first-order valence-corrected chi connectivity index (χ1v) is 8.54. The van der Waals surface area contributed by atoms with Gasteiger partial charge < -0.3 is 13.8 Å². The maximum atomic E-state index is 6.21. The molecule has 0 aromatic carbocycles. The molecule has 1 aliphatic heterocycles. The first kappa shape index (κ1) is 15.9. The lowest BCUT2D eigenvalue weighted by atomic mass is 10.2. The molecule has 0 spiro atoms. The van der Waals surface area contributed by atoms with Crippen molar-refractivity contribution in [2.75, 3.05) is 6.54 Å². The van der Waals surface area contributed by atoms with Crippen molar-refractivity contribution < 1.29 is 9.26 Å². The molecule has 4 rings (SSSR count). The molecule has 0 amide bonds. The van der Waals surface area contributed by atoms with Crippen molar-refractivity contribution in [3.8, 4) is 5.75 Å². The van der Waals surface area contributed by atoms with Gasteiger partial charge in [-0.3, -0.25) is 9.88 Å². The molecule has 1 atom stereocenters. The zero-order valence-electron chi connectivity index (χ0n) is 14.6. The second-order valence-corrected chi connectivity index (χ2v) is 6.55. The fraction of sp³-hybridized carbons (Fsp3) is 0.368. The van der Waals surface area contributed by atoms with Crippen LogP contribution in [0.2, 0.25) is 0 Å². The number of hydrogen-bond donors (Lipinski definition) is 0. The second kappa shape index (κ2) is 6.72. The van der Waals surface area contributed by atoms with Gasteiger partial charge in [0.1, 0.15) is 17.6 Å². The smallest absolute Gasteiger partial charge is 0.138 e. The van der Waals surface area contributed by atoms with Crippen LogP contribution in [-0.4, -0.2) is 32.3 Å². The predicted molar refractivity (Wildman–Crippen MR) is 93.2 cm³/mol. The molecule has 6 nitrogen and oxygen atoms in total. The second-order valence-electron chi connectivity index (χ2n) is 6.55. The highest BCUT2D eigenvalue weighted by Gasteiger charge is 2.24. The predicted octanol–water partition coefficient (Wildman–Crippen LogP) is 2.95. The third kappa shape index (κ3) is 3.44. The van der Waals surface area contributed by atoms with Crippen LogP contribution < -0.4 is 4.74 Å². The van der Waals surface area contributed by atoms with Gasteiger partial charge in [-0.05, 0) is 38.1 Å². The number of aryl methyl sites for hydroxylation is 2. The number of hydrogen-bond acceptors (Lipinski definition) is 5. The summed E-state index contributed by atoms with van der Waals surface area (Å²) >= 11 is 0. The molecule has 3 aromatic heterocycles. The Morgan fingerprint density at radius 2 is 2.16 bits per heavy atom. The Hall–Kier alpha value is -2.60. The maximum absolute atomic E-state index is 6.21. The van der Waals surface area contributed by atoms with Gasteiger partial charge in [-0.25, -0.2) is 0 Å². The van der Waals surface area contributed by atoms with Crippen molar-refractivity contribution in [2.24, 2.45) is 0 Å². The zero-order chi connectivity index (χ0) is 17.2. The Kier molecular flexibility index (Phi) is 4.28. The van der Waals surface area contributed by atoms with Crippen molar-refractivity contribution in [1.82, 2.24) is 19.6 Å². The molecule has 130 valence electrons. The molecular weight excluding hydrogens is 316 g/mol. The molecule has 0 radical (unpaired) electrons. The Morgan fingerprint density at radius 3 is 2.92 bits per heavy atom. The van der Waals surface area contributed by atoms with Gasteiger partial charge in [0.05, 0.1) is 18.4 Å². The van der Waals surface area contributed by atoms with Gasteiger partial charge in [0.25, 0.3) is 0 Å². The van der Waals surface area contributed by atoms with Crippen LogP contribution in [0, 0.1) is 13.8 Å². The SMILES string of the molecule is Cc1noc(C)c1CN1Cc2cccn2CC(Oc2cccnc2)C1. The molecule has 0 saturated carbocycles. The first-order valence-electron chi connectivity index (χ1n) is 8.54. The zero-order valence-corrected chi connectivity index (χ0v) is 14.6. The Bertz CT molecular complexity index is 821. The van der Waals surface area contributed by atoms with Crippen LogP contribution in [0.1, 0.15) is 22.7 Å². The molecule has 25 heavy (non-hydrogen) atoms. The minimum Gasteiger partial charge on any atom is -0.486 e. The largest absolute Gasteiger partial charge is 0.486 e. The van der Waals surface area contributed by atoms with Crippen molar-refractivity contribution in [3.63, 3.8) is 0 Å². The topological polar surface area (TPSA) is 56.3 Å². The summed E-state index contributed by atoms with van der Waals surface area (Å²) in [6.45, 7) is 7.31. The van der Waals surface area contributed by atoms with E-state index >= 15 is 0 Å². The molecule has 1 aliphatic rings. The fourth-order valence-electron chi connectivity index (χ4n) is 3.39. The fourth-order valence-corrected chi connectivity index (χ4v) is 3.39. The van der Waals surface area contributed by atoms with Gasteiger partial charge >= 0.3 is 0 Å². The third-order valence-corrected chi connectivity index (χ3v) is 4.67.